The first-order valence-electron chi connectivity index (χ1n) is 6.09. The number of nitrogens with two attached hydrogens (primary N) is 1. The van der Waals surface area contributed by atoms with Gasteiger partial charge in [-0.15, -0.1) is 0 Å². The van der Waals surface area contributed by atoms with E-state index >= 15 is 0 Å². The zero-order valence-corrected chi connectivity index (χ0v) is 9.63. The molecule has 2 atom stereocenters. The fourth-order valence-electron chi connectivity index (χ4n) is 3.25. The van der Waals surface area contributed by atoms with E-state index in [2.05, 4.69) is 18.7 Å². The molecule has 0 bridgehead atoms. The summed E-state index contributed by atoms with van der Waals surface area (Å²) in [6, 6.07) is 1.23. The van der Waals surface area contributed by atoms with Crippen molar-refractivity contribution < 1.29 is 0 Å². The van der Waals surface area contributed by atoms with Crippen molar-refractivity contribution in [2.75, 3.05) is 13.1 Å². The van der Waals surface area contributed by atoms with Gasteiger partial charge in [-0.1, -0.05) is 26.7 Å². The topological polar surface area (TPSA) is 29.3 Å². The minimum atomic E-state index is 0.438. The molecule has 2 unspecified atom stereocenters. The summed E-state index contributed by atoms with van der Waals surface area (Å²) in [6.07, 6.45) is 6.82. The third-order valence-corrected chi connectivity index (χ3v) is 4.15. The lowest BCUT2D eigenvalue weighted by atomic mass is 9.72. The fourth-order valence-corrected chi connectivity index (χ4v) is 3.25. The summed E-state index contributed by atoms with van der Waals surface area (Å²) in [6.45, 7) is 7.23. The van der Waals surface area contributed by atoms with Crippen LogP contribution >= 0.6 is 0 Å². The smallest absolute Gasteiger partial charge is 0.0180 e. The van der Waals surface area contributed by atoms with Crippen LogP contribution in [-0.4, -0.2) is 30.1 Å². The molecule has 0 radical (unpaired) electrons. The molecular formula is C12H24N2. The van der Waals surface area contributed by atoms with Crippen molar-refractivity contribution in [1.29, 1.82) is 0 Å². The second kappa shape index (κ2) is 3.82. The maximum absolute atomic E-state index is 5.98. The second-order valence-electron chi connectivity index (χ2n) is 5.79. The first-order valence-corrected chi connectivity index (χ1v) is 6.09. The lowest BCUT2D eigenvalue weighted by Crippen LogP contribution is -2.46. The van der Waals surface area contributed by atoms with Crippen LogP contribution in [0, 0.1) is 5.41 Å². The van der Waals surface area contributed by atoms with Gasteiger partial charge in [-0.2, -0.15) is 0 Å². The van der Waals surface area contributed by atoms with E-state index in [0.717, 1.165) is 12.6 Å². The zero-order valence-electron chi connectivity index (χ0n) is 9.63. The molecule has 2 rings (SSSR count). The highest BCUT2D eigenvalue weighted by Gasteiger charge is 2.38. The van der Waals surface area contributed by atoms with Crippen LogP contribution in [0.3, 0.4) is 0 Å². The molecule has 2 nitrogen and oxygen atoms in total. The molecular weight excluding hydrogens is 172 g/mol. The average molecular weight is 196 g/mol. The molecule has 1 heterocycles. The first kappa shape index (κ1) is 10.4. The Morgan fingerprint density at radius 1 is 1.21 bits per heavy atom. The van der Waals surface area contributed by atoms with Gasteiger partial charge in [0.2, 0.25) is 0 Å². The van der Waals surface area contributed by atoms with Crippen LogP contribution in [0.5, 0.6) is 0 Å². The maximum atomic E-state index is 5.98. The molecule has 1 saturated heterocycles. The Kier molecular flexibility index (Phi) is 2.85. The Hall–Kier alpha value is -0.0800. The van der Waals surface area contributed by atoms with Gasteiger partial charge in [0.1, 0.15) is 0 Å². The van der Waals surface area contributed by atoms with Crippen LogP contribution in [0.4, 0.5) is 0 Å². The Bertz CT molecular complexity index is 200. The molecule has 2 fully saturated rings. The van der Waals surface area contributed by atoms with Gasteiger partial charge in [-0.3, -0.25) is 4.90 Å². The van der Waals surface area contributed by atoms with Gasteiger partial charge in [0.25, 0.3) is 0 Å². The molecule has 14 heavy (non-hydrogen) atoms. The monoisotopic (exact) mass is 196 g/mol. The summed E-state index contributed by atoms with van der Waals surface area (Å²) in [5, 5.41) is 0. The van der Waals surface area contributed by atoms with Gasteiger partial charge >= 0.3 is 0 Å². The van der Waals surface area contributed by atoms with E-state index in [0.29, 0.717) is 11.5 Å². The molecule has 82 valence electrons. The molecule has 2 N–H and O–H groups in total. The van der Waals surface area contributed by atoms with Gasteiger partial charge < -0.3 is 5.73 Å². The molecule has 0 amide bonds. The third kappa shape index (κ3) is 1.96. The molecule has 0 spiro atoms. The van der Waals surface area contributed by atoms with Crippen molar-refractivity contribution >= 4 is 0 Å². The predicted molar refractivity (Wildman–Crippen MR) is 60.2 cm³/mol. The van der Waals surface area contributed by atoms with Crippen molar-refractivity contribution in [3.05, 3.63) is 0 Å². The van der Waals surface area contributed by atoms with Gasteiger partial charge in [0.05, 0.1) is 0 Å². The summed E-state index contributed by atoms with van der Waals surface area (Å²) in [5.41, 5.74) is 6.49. The summed E-state index contributed by atoms with van der Waals surface area (Å²) in [7, 11) is 0. The van der Waals surface area contributed by atoms with Gasteiger partial charge in [-0.05, 0) is 24.7 Å². The van der Waals surface area contributed by atoms with Crippen molar-refractivity contribution in [1.82, 2.24) is 4.90 Å². The number of rotatable bonds is 1. The minimum Gasteiger partial charge on any atom is -0.326 e. The first-order chi connectivity index (χ1) is 6.59. The minimum absolute atomic E-state index is 0.438. The van der Waals surface area contributed by atoms with Crippen LogP contribution in [0.25, 0.3) is 0 Å². The van der Waals surface area contributed by atoms with Crippen LogP contribution in [0.2, 0.25) is 0 Å². The molecule has 2 heteroatoms. The van der Waals surface area contributed by atoms with Crippen molar-refractivity contribution in [2.45, 2.75) is 58.0 Å². The number of likely N-dealkylation sites (tertiary alicyclic amines) is 1. The van der Waals surface area contributed by atoms with Crippen LogP contribution in [-0.2, 0) is 0 Å². The lowest BCUT2D eigenvalue weighted by Gasteiger charge is -2.44. The van der Waals surface area contributed by atoms with Crippen LogP contribution in [0.15, 0.2) is 0 Å². The summed E-state index contributed by atoms with van der Waals surface area (Å²) < 4.78 is 0. The average Bonchev–Trinajstić information content (AvgIpc) is 2.51. The predicted octanol–water partition coefficient (Wildman–Crippen LogP) is 1.99. The van der Waals surface area contributed by atoms with Crippen molar-refractivity contribution in [3.63, 3.8) is 0 Å². The fraction of sp³-hybridized carbons (Fsp3) is 1.00. The van der Waals surface area contributed by atoms with Crippen LogP contribution < -0.4 is 5.73 Å². The normalized spacial score (nSPS) is 38.8. The quantitative estimate of drug-likeness (QED) is 0.695. The Labute approximate surface area is 87.8 Å². The molecule has 0 aromatic carbocycles. The third-order valence-electron chi connectivity index (χ3n) is 4.15. The van der Waals surface area contributed by atoms with E-state index in [1.807, 2.05) is 0 Å². The maximum Gasteiger partial charge on any atom is 0.0180 e. The Morgan fingerprint density at radius 3 is 2.57 bits per heavy atom. The van der Waals surface area contributed by atoms with Crippen molar-refractivity contribution in [2.24, 2.45) is 11.1 Å². The highest BCUT2D eigenvalue weighted by atomic mass is 15.2. The number of hydrogen-bond acceptors (Lipinski definition) is 2. The van der Waals surface area contributed by atoms with E-state index in [-0.39, 0.29) is 0 Å². The molecule has 0 aromatic heterocycles. The number of nitrogens with zero attached hydrogens (tertiary/aromatic N) is 1. The van der Waals surface area contributed by atoms with Gasteiger partial charge in [-0.25, -0.2) is 0 Å². The second-order valence-corrected chi connectivity index (χ2v) is 5.79. The Morgan fingerprint density at radius 2 is 2.00 bits per heavy atom. The SMILES string of the molecule is CC1(C)CCCCC1N1CCC(N)C1. The molecule has 2 aliphatic rings. The van der Waals surface area contributed by atoms with Crippen molar-refractivity contribution in [3.8, 4) is 0 Å². The molecule has 0 aromatic rings. The van der Waals surface area contributed by atoms with E-state index < -0.39 is 0 Å². The highest BCUT2D eigenvalue weighted by molar-refractivity contribution is 4.93. The summed E-state index contributed by atoms with van der Waals surface area (Å²) >= 11 is 0. The highest BCUT2D eigenvalue weighted by Crippen LogP contribution is 2.39. The van der Waals surface area contributed by atoms with E-state index in [4.69, 9.17) is 5.73 Å². The number of hydrogen-bond donors (Lipinski definition) is 1. The zero-order chi connectivity index (χ0) is 10.2. The molecule has 1 aliphatic carbocycles. The Balaban J connectivity index is 2.01. The standard InChI is InChI=1S/C12H24N2/c1-12(2)7-4-3-5-11(12)14-8-6-10(13)9-14/h10-11H,3-9,13H2,1-2H3. The summed E-state index contributed by atoms with van der Waals surface area (Å²) in [4.78, 5) is 2.64. The van der Waals surface area contributed by atoms with Crippen LogP contribution in [0.1, 0.15) is 46.0 Å². The lowest BCUT2D eigenvalue weighted by molar-refractivity contribution is 0.0657. The van der Waals surface area contributed by atoms with E-state index in [9.17, 15) is 0 Å². The largest absolute Gasteiger partial charge is 0.326 e. The summed E-state index contributed by atoms with van der Waals surface area (Å²) in [5.74, 6) is 0. The van der Waals surface area contributed by atoms with Gasteiger partial charge in [0.15, 0.2) is 0 Å². The molecule has 1 saturated carbocycles. The van der Waals surface area contributed by atoms with E-state index in [1.165, 1.54) is 38.6 Å². The molecule has 1 aliphatic heterocycles. The van der Waals surface area contributed by atoms with Gasteiger partial charge in [0, 0.05) is 25.2 Å². The van der Waals surface area contributed by atoms with E-state index in [1.54, 1.807) is 0 Å².